The Bertz CT molecular complexity index is 904. The maximum atomic E-state index is 12.3. The zero-order chi connectivity index (χ0) is 16.4. The fourth-order valence-electron chi connectivity index (χ4n) is 2.07. The first-order valence-electron chi connectivity index (χ1n) is 6.72. The zero-order valence-electron chi connectivity index (χ0n) is 12.2. The highest BCUT2D eigenvalue weighted by atomic mass is 32.1. The summed E-state index contributed by atoms with van der Waals surface area (Å²) in [6, 6.07) is 11.7. The SMILES string of the molecule is COc1ccc2nc(NC(=O)c3cccc(C(N)=O)c3)sc2c1. The Kier molecular flexibility index (Phi) is 3.94. The summed E-state index contributed by atoms with van der Waals surface area (Å²) in [6.07, 6.45) is 0. The van der Waals surface area contributed by atoms with Crippen LogP contribution >= 0.6 is 11.3 Å². The number of thiazole rings is 1. The topological polar surface area (TPSA) is 94.3 Å². The van der Waals surface area contributed by atoms with Gasteiger partial charge < -0.3 is 10.5 Å². The summed E-state index contributed by atoms with van der Waals surface area (Å²) in [5, 5.41) is 3.20. The van der Waals surface area contributed by atoms with E-state index in [0.29, 0.717) is 10.7 Å². The number of carbonyl (C=O) groups is 2. The number of methoxy groups -OCH3 is 1. The number of amides is 2. The van der Waals surface area contributed by atoms with Crippen LogP contribution in [-0.4, -0.2) is 23.9 Å². The Hall–Kier alpha value is -2.93. The second-order valence-electron chi connectivity index (χ2n) is 4.75. The minimum atomic E-state index is -0.577. The molecule has 0 radical (unpaired) electrons. The maximum absolute atomic E-state index is 12.3. The lowest BCUT2D eigenvalue weighted by Crippen LogP contribution is -2.15. The average Bonchev–Trinajstić information content (AvgIpc) is 2.95. The van der Waals surface area contributed by atoms with E-state index in [1.807, 2.05) is 18.2 Å². The van der Waals surface area contributed by atoms with Crippen LogP contribution in [0, 0.1) is 0 Å². The number of nitrogens with two attached hydrogens (primary N) is 1. The van der Waals surface area contributed by atoms with Gasteiger partial charge in [0, 0.05) is 11.1 Å². The van der Waals surface area contributed by atoms with Crippen molar-refractivity contribution in [1.29, 1.82) is 0 Å². The summed E-state index contributed by atoms with van der Waals surface area (Å²) >= 11 is 1.35. The van der Waals surface area contributed by atoms with Crippen molar-refractivity contribution in [2.75, 3.05) is 12.4 Å². The first-order valence-corrected chi connectivity index (χ1v) is 7.54. The van der Waals surface area contributed by atoms with Crippen molar-refractivity contribution < 1.29 is 14.3 Å². The number of rotatable bonds is 4. The molecule has 116 valence electrons. The second-order valence-corrected chi connectivity index (χ2v) is 5.78. The fourth-order valence-corrected chi connectivity index (χ4v) is 2.96. The van der Waals surface area contributed by atoms with Crippen LogP contribution in [0.2, 0.25) is 0 Å². The van der Waals surface area contributed by atoms with Crippen molar-refractivity contribution in [1.82, 2.24) is 4.98 Å². The van der Waals surface area contributed by atoms with Crippen LogP contribution in [0.1, 0.15) is 20.7 Å². The number of benzene rings is 2. The van der Waals surface area contributed by atoms with E-state index < -0.39 is 5.91 Å². The van der Waals surface area contributed by atoms with Gasteiger partial charge in [0.2, 0.25) is 5.91 Å². The molecule has 23 heavy (non-hydrogen) atoms. The lowest BCUT2D eigenvalue weighted by Gasteiger charge is -2.02. The second kappa shape index (κ2) is 6.05. The molecule has 3 aromatic rings. The summed E-state index contributed by atoms with van der Waals surface area (Å²) in [5.74, 6) is -0.195. The molecule has 0 spiro atoms. The van der Waals surface area contributed by atoms with E-state index in [1.165, 1.54) is 17.4 Å². The molecule has 0 saturated carbocycles. The van der Waals surface area contributed by atoms with Crippen LogP contribution in [0.15, 0.2) is 42.5 Å². The van der Waals surface area contributed by atoms with Gasteiger partial charge in [-0.15, -0.1) is 0 Å². The van der Waals surface area contributed by atoms with E-state index in [0.717, 1.165) is 16.0 Å². The first-order chi connectivity index (χ1) is 11.1. The summed E-state index contributed by atoms with van der Waals surface area (Å²) in [7, 11) is 1.59. The zero-order valence-corrected chi connectivity index (χ0v) is 13.0. The molecule has 0 bridgehead atoms. The average molecular weight is 327 g/mol. The number of nitrogens with zero attached hydrogens (tertiary/aromatic N) is 1. The van der Waals surface area contributed by atoms with Gasteiger partial charge in [-0.25, -0.2) is 4.98 Å². The minimum Gasteiger partial charge on any atom is -0.497 e. The van der Waals surface area contributed by atoms with Crippen LogP contribution in [-0.2, 0) is 0 Å². The van der Waals surface area contributed by atoms with Gasteiger partial charge in [-0.3, -0.25) is 14.9 Å². The number of carbonyl (C=O) groups excluding carboxylic acids is 2. The van der Waals surface area contributed by atoms with Crippen molar-refractivity contribution in [2.45, 2.75) is 0 Å². The number of fused-ring (bicyclic) bond motifs is 1. The third kappa shape index (κ3) is 3.14. The van der Waals surface area contributed by atoms with Crippen molar-refractivity contribution in [3.05, 3.63) is 53.6 Å². The Morgan fingerprint density at radius 3 is 2.70 bits per heavy atom. The lowest BCUT2D eigenvalue weighted by atomic mass is 10.1. The summed E-state index contributed by atoms with van der Waals surface area (Å²) in [4.78, 5) is 27.8. The van der Waals surface area contributed by atoms with Gasteiger partial charge in [-0.1, -0.05) is 17.4 Å². The van der Waals surface area contributed by atoms with Crippen molar-refractivity contribution in [3.63, 3.8) is 0 Å². The van der Waals surface area contributed by atoms with Crippen LogP contribution in [0.25, 0.3) is 10.2 Å². The van der Waals surface area contributed by atoms with Crippen molar-refractivity contribution >= 4 is 38.5 Å². The van der Waals surface area contributed by atoms with Gasteiger partial charge in [0.1, 0.15) is 5.75 Å². The monoisotopic (exact) mass is 327 g/mol. The number of anilines is 1. The van der Waals surface area contributed by atoms with Crippen LogP contribution in [0.3, 0.4) is 0 Å². The fraction of sp³-hybridized carbons (Fsp3) is 0.0625. The van der Waals surface area contributed by atoms with E-state index in [9.17, 15) is 9.59 Å². The van der Waals surface area contributed by atoms with Gasteiger partial charge in [0.05, 0.1) is 17.3 Å². The number of hydrogen-bond donors (Lipinski definition) is 2. The normalized spacial score (nSPS) is 10.5. The molecule has 1 aromatic heterocycles. The molecule has 1 heterocycles. The molecule has 0 saturated heterocycles. The Balaban J connectivity index is 1.85. The molecule has 0 aliphatic heterocycles. The predicted molar refractivity (Wildman–Crippen MR) is 89.1 cm³/mol. The standard InChI is InChI=1S/C16H13N3O3S/c1-22-11-5-6-12-13(8-11)23-16(18-12)19-15(21)10-4-2-3-9(7-10)14(17)20/h2-8H,1H3,(H2,17,20)(H,18,19,21). The molecule has 0 fully saturated rings. The molecular formula is C16H13N3O3S. The van der Waals surface area contributed by atoms with E-state index >= 15 is 0 Å². The molecule has 6 nitrogen and oxygen atoms in total. The Labute approximate surface area is 135 Å². The molecule has 7 heteroatoms. The van der Waals surface area contributed by atoms with Crippen LogP contribution < -0.4 is 15.8 Å². The first kappa shape index (κ1) is 15.0. The number of hydrogen-bond acceptors (Lipinski definition) is 5. The summed E-state index contributed by atoms with van der Waals surface area (Å²) in [6.45, 7) is 0. The molecule has 3 rings (SSSR count). The highest BCUT2D eigenvalue weighted by molar-refractivity contribution is 7.22. The Morgan fingerprint density at radius 1 is 1.17 bits per heavy atom. The molecule has 2 aromatic carbocycles. The number of nitrogens with one attached hydrogen (secondary N) is 1. The lowest BCUT2D eigenvalue weighted by molar-refractivity contribution is 0.1000. The van der Waals surface area contributed by atoms with Gasteiger partial charge in [0.25, 0.3) is 5.91 Å². The van der Waals surface area contributed by atoms with Crippen LogP contribution in [0.5, 0.6) is 5.75 Å². The largest absolute Gasteiger partial charge is 0.497 e. The Morgan fingerprint density at radius 2 is 1.96 bits per heavy atom. The highest BCUT2D eigenvalue weighted by Crippen LogP contribution is 2.29. The quantitative estimate of drug-likeness (QED) is 0.770. The van der Waals surface area contributed by atoms with E-state index in [-0.39, 0.29) is 11.5 Å². The summed E-state index contributed by atoms with van der Waals surface area (Å²) in [5.41, 5.74) is 6.63. The van der Waals surface area contributed by atoms with Gasteiger partial charge in [-0.2, -0.15) is 0 Å². The highest BCUT2D eigenvalue weighted by Gasteiger charge is 2.12. The van der Waals surface area contributed by atoms with Gasteiger partial charge in [0.15, 0.2) is 5.13 Å². The van der Waals surface area contributed by atoms with Gasteiger partial charge in [-0.05, 0) is 36.4 Å². The van der Waals surface area contributed by atoms with E-state index in [2.05, 4.69) is 10.3 Å². The maximum Gasteiger partial charge on any atom is 0.257 e. The molecular weight excluding hydrogens is 314 g/mol. The third-order valence-electron chi connectivity index (χ3n) is 3.23. The molecule has 2 amide bonds. The van der Waals surface area contributed by atoms with Gasteiger partial charge >= 0.3 is 0 Å². The molecule has 0 aliphatic rings. The number of primary amides is 1. The summed E-state index contributed by atoms with van der Waals surface area (Å²) < 4.78 is 6.07. The third-order valence-corrected chi connectivity index (χ3v) is 4.16. The van der Waals surface area contributed by atoms with Crippen molar-refractivity contribution in [2.24, 2.45) is 5.73 Å². The molecule has 0 atom stereocenters. The minimum absolute atomic E-state index is 0.284. The molecule has 0 aliphatic carbocycles. The number of aromatic nitrogens is 1. The number of ether oxygens (including phenoxy) is 1. The van der Waals surface area contributed by atoms with Crippen LogP contribution in [0.4, 0.5) is 5.13 Å². The van der Waals surface area contributed by atoms with E-state index in [4.69, 9.17) is 10.5 Å². The smallest absolute Gasteiger partial charge is 0.257 e. The predicted octanol–water partition coefficient (Wildman–Crippen LogP) is 2.66. The van der Waals surface area contributed by atoms with E-state index in [1.54, 1.807) is 25.3 Å². The molecule has 3 N–H and O–H groups in total. The molecule has 0 unspecified atom stereocenters. The van der Waals surface area contributed by atoms with Crippen molar-refractivity contribution in [3.8, 4) is 5.75 Å².